The van der Waals surface area contributed by atoms with Crippen LogP contribution in [-0.4, -0.2) is 11.9 Å². The van der Waals surface area contributed by atoms with Crippen molar-refractivity contribution in [2.24, 2.45) is 0 Å². The van der Waals surface area contributed by atoms with E-state index < -0.39 is 11.9 Å². The fourth-order valence-electron chi connectivity index (χ4n) is 1.56. The highest BCUT2D eigenvalue weighted by Gasteiger charge is 2.09. The molecule has 0 heterocycles. The van der Waals surface area contributed by atoms with Crippen LogP contribution in [0.15, 0.2) is 54.6 Å². The second-order valence-electron chi connectivity index (χ2n) is 4.14. The van der Waals surface area contributed by atoms with Gasteiger partial charge in [-0.05, 0) is 31.2 Å². The summed E-state index contributed by atoms with van der Waals surface area (Å²) in [5.41, 5.74) is 2.19. The van der Waals surface area contributed by atoms with Crippen molar-refractivity contribution >= 4 is 17.6 Å². The maximum atomic E-state index is 11.7. The topological polar surface area (TPSA) is 58.2 Å². The smallest absolute Gasteiger partial charge is 0.308 e. The zero-order valence-electron chi connectivity index (χ0n) is 10.5. The molecule has 2 rings (SSSR count). The minimum absolute atomic E-state index is 0.426. The second kappa shape index (κ2) is 5.82. The molecule has 0 aromatic heterocycles. The predicted octanol–water partition coefficient (Wildman–Crippen LogP) is 2.96. The SMILES string of the molecule is Cc1ccc(NC(=O)NC(=O)c2ccccc2)cc1. The van der Waals surface area contributed by atoms with Gasteiger partial charge in [0.05, 0.1) is 0 Å². The number of hydrogen-bond donors (Lipinski definition) is 2. The maximum absolute atomic E-state index is 11.7. The first kappa shape index (κ1) is 12.8. The third-order valence-corrected chi connectivity index (χ3v) is 2.57. The number of carbonyl (C=O) groups excluding carboxylic acids is 2. The van der Waals surface area contributed by atoms with E-state index in [1.54, 1.807) is 36.4 Å². The Morgan fingerprint density at radius 2 is 1.53 bits per heavy atom. The van der Waals surface area contributed by atoms with Crippen molar-refractivity contribution in [3.63, 3.8) is 0 Å². The predicted molar refractivity (Wildman–Crippen MR) is 74.1 cm³/mol. The zero-order valence-corrected chi connectivity index (χ0v) is 10.5. The molecule has 2 aromatic rings. The van der Waals surface area contributed by atoms with Gasteiger partial charge in [0, 0.05) is 11.3 Å². The summed E-state index contributed by atoms with van der Waals surface area (Å²) in [6.07, 6.45) is 0. The minimum Gasteiger partial charge on any atom is -0.308 e. The number of amides is 3. The first-order valence-corrected chi connectivity index (χ1v) is 5.89. The van der Waals surface area contributed by atoms with Crippen molar-refractivity contribution in [2.75, 3.05) is 5.32 Å². The lowest BCUT2D eigenvalue weighted by atomic mass is 10.2. The van der Waals surface area contributed by atoms with Crippen LogP contribution in [0.5, 0.6) is 0 Å². The number of anilines is 1. The van der Waals surface area contributed by atoms with Crippen molar-refractivity contribution in [3.8, 4) is 0 Å². The van der Waals surface area contributed by atoms with Gasteiger partial charge in [0.1, 0.15) is 0 Å². The molecule has 2 N–H and O–H groups in total. The molecule has 0 aliphatic heterocycles. The normalized spacial score (nSPS) is 9.74. The Morgan fingerprint density at radius 1 is 0.895 bits per heavy atom. The molecule has 0 saturated carbocycles. The first-order valence-electron chi connectivity index (χ1n) is 5.89. The minimum atomic E-state index is -0.544. The van der Waals surface area contributed by atoms with Crippen LogP contribution in [0, 0.1) is 6.92 Å². The lowest BCUT2D eigenvalue weighted by Crippen LogP contribution is -2.34. The lowest BCUT2D eigenvalue weighted by molar-refractivity contribution is 0.0967. The van der Waals surface area contributed by atoms with Crippen molar-refractivity contribution < 1.29 is 9.59 Å². The van der Waals surface area contributed by atoms with E-state index in [1.807, 2.05) is 25.1 Å². The van der Waals surface area contributed by atoms with Crippen LogP contribution < -0.4 is 10.6 Å². The van der Waals surface area contributed by atoms with E-state index in [4.69, 9.17) is 0 Å². The van der Waals surface area contributed by atoms with Gasteiger partial charge in [0.15, 0.2) is 0 Å². The monoisotopic (exact) mass is 254 g/mol. The summed E-state index contributed by atoms with van der Waals surface area (Å²) in [6, 6.07) is 15.4. The van der Waals surface area contributed by atoms with Crippen LogP contribution in [0.25, 0.3) is 0 Å². The average Bonchev–Trinajstić information content (AvgIpc) is 2.42. The zero-order chi connectivity index (χ0) is 13.7. The Hall–Kier alpha value is -2.62. The Bertz CT molecular complexity index is 577. The second-order valence-corrected chi connectivity index (χ2v) is 4.14. The summed E-state index contributed by atoms with van der Waals surface area (Å²) in [5, 5.41) is 4.87. The number of rotatable bonds is 2. The van der Waals surface area contributed by atoms with Gasteiger partial charge < -0.3 is 5.32 Å². The molecule has 0 saturated heterocycles. The molecule has 0 spiro atoms. The van der Waals surface area contributed by atoms with E-state index in [0.717, 1.165) is 5.56 Å². The Balaban J connectivity index is 1.95. The van der Waals surface area contributed by atoms with E-state index in [9.17, 15) is 9.59 Å². The average molecular weight is 254 g/mol. The summed E-state index contributed by atoms with van der Waals surface area (Å²) >= 11 is 0. The number of nitrogens with one attached hydrogen (secondary N) is 2. The number of urea groups is 1. The molecule has 96 valence electrons. The van der Waals surface area contributed by atoms with Crippen LogP contribution >= 0.6 is 0 Å². The van der Waals surface area contributed by atoms with Gasteiger partial charge in [-0.15, -0.1) is 0 Å². The summed E-state index contributed by atoms with van der Waals surface area (Å²) in [5.74, 6) is -0.426. The van der Waals surface area contributed by atoms with E-state index >= 15 is 0 Å². The maximum Gasteiger partial charge on any atom is 0.326 e. The van der Waals surface area contributed by atoms with Gasteiger partial charge in [-0.1, -0.05) is 35.9 Å². The van der Waals surface area contributed by atoms with Crippen LogP contribution in [-0.2, 0) is 0 Å². The van der Waals surface area contributed by atoms with E-state index in [2.05, 4.69) is 10.6 Å². The van der Waals surface area contributed by atoms with Gasteiger partial charge in [-0.2, -0.15) is 0 Å². The molecule has 19 heavy (non-hydrogen) atoms. The highest BCUT2D eigenvalue weighted by Crippen LogP contribution is 2.08. The van der Waals surface area contributed by atoms with Gasteiger partial charge in [-0.3, -0.25) is 10.1 Å². The van der Waals surface area contributed by atoms with Crippen LogP contribution in [0.3, 0.4) is 0 Å². The molecule has 0 bridgehead atoms. The number of aryl methyl sites for hydroxylation is 1. The van der Waals surface area contributed by atoms with E-state index in [0.29, 0.717) is 11.3 Å². The molecular weight excluding hydrogens is 240 g/mol. The third-order valence-electron chi connectivity index (χ3n) is 2.57. The largest absolute Gasteiger partial charge is 0.326 e. The van der Waals surface area contributed by atoms with Crippen molar-refractivity contribution in [1.82, 2.24) is 5.32 Å². The molecule has 2 aromatic carbocycles. The highest BCUT2D eigenvalue weighted by molar-refractivity contribution is 6.07. The van der Waals surface area contributed by atoms with Gasteiger partial charge in [0.25, 0.3) is 5.91 Å². The Labute approximate surface area is 111 Å². The van der Waals surface area contributed by atoms with Crippen LogP contribution in [0.2, 0.25) is 0 Å². The fraction of sp³-hybridized carbons (Fsp3) is 0.0667. The van der Waals surface area contributed by atoms with E-state index in [1.165, 1.54) is 0 Å². The Morgan fingerprint density at radius 3 is 2.16 bits per heavy atom. The molecule has 0 unspecified atom stereocenters. The standard InChI is InChI=1S/C15H14N2O2/c1-11-7-9-13(10-8-11)16-15(19)17-14(18)12-5-3-2-4-6-12/h2-10H,1H3,(H2,16,17,18,19). The summed E-state index contributed by atoms with van der Waals surface area (Å²) in [6.45, 7) is 1.96. The summed E-state index contributed by atoms with van der Waals surface area (Å²) in [7, 11) is 0. The molecule has 0 aliphatic carbocycles. The number of hydrogen-bond acceptors (Lipinski definition) is 2. The molecule has 3 amide bonds. The van der Waals surface area contributed by atoms with Gasteiger partial charge in [0.2, 0.25) is 0 Å². The summed E-state index contributed by atoms with van der Waals surface area (Å²) in [4.78, 5) is 23.4. The van der Waals surface area contributed by atoms with Crippen LogP contribution in [0.4, 0.5) is 10.5 Å². The van der Waals surface area contributed by atoms with Crippen molar-refractivity contribution in [1.29, 1.82) is 0 Å². The fourth-order valence-corrected chi connectivity index (χ4v) is 1.56. The molecule has 0 radical (unpaired) electrons. The quantitative estimate of drug-likeness (QED) is 0.865. The van der Waals surface area contributed by atoms with Gasteiger partial charge >= 0.3 is 6.03 Å². The molecule has 0 atom stereocenters. The third kappa shape index (κ3) is 3.67. The molecular formula is C15H14N2O2. The van der Waals surface area contributed by atoms with Crippen molar-refractivity contribution in [3.05, 3.63) is 65.7 Å². The van der Waals surface area contributed by atoms with Gasteiger partial charge in [-0.25, -0.2) is 4.79 Å². The molecule has 0 aliphatic rings. The number of imide groups is 1. The first-order chi connectivity index (χ1) is 9.15. The van der Waals surface area contributed by atoms with E-state index in [-0.39, 0.29) is 0 Å². The number of benzene rings is 2. The molecule has 0 fully saturated rings. The lowest BCUT2D eigenvalue weighted by Gasteiger charge is -2.06. The molecule has 4 nitrogen and oxygen atoms in total. The number of carbonyl (C=O) groups is 2. The summed E-state index contributed by atoms with van der Waals surface area (Å²) < 4.78 is 0. The highest BCUT2D eigenvalue weighted by atomic mass is 16.2. The van der Waals surface area contributed by atoms with Crippen molar-refractivity contribution in [2.45, 2.75) is 6.92 Å². The van der Waals surface area contributed by atoms with Crippen LogP contribution in [0.1, 0.15) is 15.9 Å². The molecule has 4 heteroatoms. The Kier molecular flexibility index (Phi) is 3.93.